The summed E-state index contributed by atoms with van der Waals surface area (Å²) in [6, 6.07) is 3.00. The lowest BCUT2D eigenvalue weighted by atomic mass is 10.1. The maximum absolute atomic E-state index is 12.7. The van der Waals surface area contributed by atoms with E-state index in [4.69, 9.17) is 5.11 Å². The van der Waals surface area contributed by atoms with Gasteiger partial charge in [0, 0.05) is 18.2 Å². The molecule has 0 radical (unpaired) electrons. The van der Waals surface area contributed by atoms with Crippen LogP contribution in [0.25, 0.3) is 0 Å². The van der Waals surface area contributed by atoms with Crippen LogP contribution in [0.2, 0.25) is 0 Å². The molecule has 0 saturated heterocycles. The van der Waals surface area contributed by atoms with Crippen LogP contribution in [0.4, 0.5) is 5.69 Å². The molecule has 0 spiro atoms. The van der Waals surface area contributed by atoms with Gasteiger partial charge < -0.3 is 5.11 Å². The van der Waals surface area contributed by atoms with Crippen LogP contribution < -0.4 is 0 Å². The van der Waals surface area contributed by atoms with Crippen molar-refractivity contribution >= 4 is 21.7 Å². The van der Waals surface area contributed by atoms with Crippen molar-refractivity contribution in [1.29, 1.82) is 0 Å². The van der Waals surface area contributed by atoms with Gasteiger partial charge in [-0.3, -0.25) is 14.9 Å². The van der Waals surface area contributed by atoms with Crippen molar-refractivity contribution < 1.29 is 23.2 Å². The summed E-state index contributed by atoms with van der Waals surface area (Å²) >= 11 is 0. The van der Waals surface area contributed by atoms with Crippen molar-refractivity contribution in [2.45, 2.75) is 38.1 Å². The Bertz CT molecular complexity index is 684. The monoisotopic (exact) mass is 330 g/mol. The smallest absolute Gasteiger partial charge is 0.318 e. The van der Waals surface area contributed by atoms with E-state index in [-0.39, 0.29) is 10.6 Å². The summed E-state index contributed by atoms with van der Waals surface area (Å²) in [6.07, 6.45) is 0.353. The zero-order valence-electron chi connectivity index (χ0n) is 12.5. The largest absolute Gasteiger partial charge is 0.480 e. The second-order valence-electron chi connectivity index (χ2n) is 4.94. The normalized spacial score (nSPS) is 11.9. The number of nitro groups is 1. The Morgan fingerprint density at radius 2 is 2.00 bits per heavy atom. The summed E-state index contributed by atoms with van der Waals surface area (Å²) in [5.74, 6) is -1.29. The van der Waals surface area contributed by atoms with Gasteiger partial charge in [0.15, 0.2) is 0 Å². The maximum Gasteiger partial charge on any atom is 0.318 e. The summed E-state index contributed by atoms with van der Waals surface area (Å²) in [7, 11) is -4.15. The lowest BCUT2D eigenvalue weighted by molar-refractivity contribution is -0.385. The fourth-order valence-corrected chi connectivity index (χ4v) is 3.90. The molecular weight excluding hydrogens is 312 g/mol. The second-order valence-corrected chi connectivity index (χ2v) is 6.80. The average molecular weight is 330 g/mol. The van der Waals surface area contributed by atoms with E-state index in [2.05, 4.69) is 0 Å². The Kier molecular flexibility index (Phi) is 5.61. The minimum Gasteiger partial charge on any atom is -0.480 e. The van der Waals surface area contributed by atoms with Crippen molar-refractivity contribution in [2.75, 3.05) is 6.54 Å². The first-order valence-electron chi connectivity index (χ1n) is 6.62. The predicted molar refractivity (Wildman–Crippen MR) is 79.1 cm³/mol. The third kappa shape index (κ3) is 3.80. The molecule has 1 N–H and O–H groups in total. The van der Waals surface area contributed by atoms with Crippen molar-refractivity contribution in [3.63, 3.8) is 0 Å². The molecule has 0 bridgehead atoms. The number of rotatable bonds is 7. The first-order chi connectivity index (χ1) is 10.1. The van der Waals surface area contributed by atoms with Crippen LogP contribution in [0, 0.1) is 10.1 Å². The molecule has 1 aromatic carbocycles. The molecule has 1 rings (SSSR count). The maximum atomic E-state index is 12.7. The van der Waals surface area contributed by atoms with Gasteiger partial charge in [0.05, 0.1) is 9.82 Å². The van der Waals surface area contributed by atoms with Crippen molar-refractivity contribution in [1.82, 2.24) is 4.31 Å². The third-order valence-corrected chi connectivity index (χ3v) is 5.20. The molecule has 0 heterocycles. The molecule has 0 aromatic heterocycles. The summed E-state index contributed by atoms with van der Waals surface area (Å²) < 4.78 is 26.2. The number of nitro benzene ring substituents is 1. The molecule has 9 heteroatoms. The van der Waals surface area contributed by atoms with E-state index in [0.717, 1.165) is 10.4 Å². The number of carbonyl (C=O) groups is 1. The molecule has 0 atom stereocenters. The summed E-state index contributed by atoms with van der Waals surface area (Å²) in [5.41, 5.74) is 0.0523. The Morgan fingerprint density at radius 3 is 2.41 bits per heavy atom. The summed E-state index contributed by atoms with van der Waals surface area (Å²) in [4.78, 5) is 20.9. The topological polar surface area (TPSA) is 118 Å². The van der Waals surface area contributed by atoms with Crippen LogP contribution in [0.3, 0.4) is 0 Å². The first kappa shape index (κ1) is 18.1. The van der Waals surface area contributed by atoms with Crippen LogP contribution in [-0.2, 0) is 21.2 Å². The van der Waals surface area contributed by atoms with E-state index in [1.807, 2.05) is 0 Å². The number of carboxylic acids is 1. The molecule has 122 valence electrons. The fraction of sp³-hybridized carbons (Fsp3) is 0.462. The number of carboxylic acid groups (broad SMARTS) is 1. The molecular formula is C13H18N2O6S. The van der Waals surface area contributed by atoms with Gasteiger partial charge >= 0.3 is 5.97 Å². The molecule has 0 amide bonds. The highest BCUT2D eigenvalue weighted by molar-refractivity contribution is 7.89. The number of hydrogen-bond donors (Lipinski definition) is 1. The van der Waals surface area contributed by atoms with Crippen LogP contribution in [-0.4, -0.2) is 41.3 Å². The number of non-ortho nitro benzene ring substituents is 1. The molecule has 1 aromatic rings. The highest BCUT2D eigenvalue weighted by Crippen LogP contribution is 2.26. The van der Waals surface area contributed by atoms with Gasteiger partial charge in [-0.25, -0.2) is 8.42 Å². The molecule has 22 heavy (non-hydrogen) atoms. The van der Waals surface area contributed by atoms with Crippen LogP contribution >= 0.6 is 0 Å². The average Bonchev–Trinajstić information content (AvgIpc) is 2.43. The van der Waals surface area contributed by atoms with Gasteiger partial charge in [0.2, 0.25) is 10.0 Å². The lowest BCUT2D eigenvalue weighted by Gasteiger charge is -2.25. The van der Waals surface area contributed by atoms with E-state index in [9.17, 15) is 23.3 Å². The SMILES string of the molecule is CCc1ccc([N+](=O)[O-])cc1S(=O)(=O)N(CC(=O)O)C(C)C. The molecule has 0 unspecified atom stereocenters. The van der Waals surface area contributed by atoms with E-state index in [1.165, 1.54) is 12.1 Å². The van der Waals surface area contributed by atoms with E-state index < -0.39 is 33.5 Å². The van der Waals surface area contributed by atoms with Crippen LogP contribution in [0.5, 0.6) is 0 Å². The predicted octanol–water partition coefficient (Wildman–Crippen LogP) is 1.64. The standard InChI is InChI=1S/C13H18N2O6S/c1-4-10-5-6-11(15(18)19)7-12(10)22(20,21)14(9(2)3)8-13(16)17/h5-7,9H,4,8H2,1-3H3,(H,16,17). The van der Waals surface area contributed by atoms with Gasteiger partial charge in [-0.05, 0) is 25.8 Å². The summed E-state index contributed by atoms with van der Waals surface area (Å²) in [6.45, 7) is 4.11. The fourth-order valence-electron chi connectivity index (χ4n) is 1.99. The number of aliphatic carboxylic acids is 1. The molecule has 0 aliphatic heterocycles. The Morgan fingerprint density at radius 1 is 1.41 bits per heavy atom. The van der Waals surface area contributed by atoms with Gasteiger partial charge in [-0.2, -0.15) is 4.31 Å². The summed E-state index contributed by atoms with van der Waals surface area (Å²) in [5, 5.41) is 19.8. The minimum absolute atomic E-state index is 0.223. The van der Waals surface area contributed by atoms with Crippen molar-refractivity contribution in [3.05, 3.63) is 33.9 Å². The molecule has 8 nitrogen and oxygen atoms in total. The van der Waals surface area contributed by atoms with Gasteiger partial charge in [-0.15, -0.1) is 0 Å². The zero-order valence-corrected chi connectivity index (χ0v) is 13.3. The third-order valence-electron chi connectivity index (χ3n) is 3.10. The Balaban J connectivity index is 3.50. The van der Waals surface area contributed by atoms with Crippen LogP contribution in [0.15, 0.2) is 23.1 Å². The Labute approximate surface area is 128 Å². The van der Waals surface area contributed by atoms with Gasteiger partial charge in [0.25, 0.3) is 5.69 Å². The molecule has 0 saturated carbocycles. The number of aryl methyl sites for hydroxylation is 1. The van der Waals surface area contributed by atoms with Crippen molar-refractivity contribution in [2.24, 2.45) is 0 Å². The minimum atomic E-state index is -4.15. The molecule has 0 aliphatic carbocycles. The number of sulfonamides is 1. The number of hydrogen-bond acceptors (Lipinski definition) is 5. The highest BCUT2D eigenvalue weighted by Gasteiger charge is 2.31. The Hall–Kier alpha value is -2.00. The first-order valence-corrected chi connectivity index (χ1v) is 8.06. The van der Waals surface area contributed by atoms with Gasteiger partial charge in [-0.1, -0.05) is 13.0 Å². The van der Waals surface area contributed by atoms with E-state index >= 15 is 0 Å². The lowest BCUT2D eigenvalue weighted by Crippen LogP contribution is -2.40. The van der Waals surface area contributed by atoms with Crippen molar-refractivity contribution in [3.8, 4) is 0 Å². The van der Waals surface area contributed by atoms with E-state index in [1.54, 1.807) is 20.8 Å². The van der Waals surface area contributed by atoms with Crippen LogP contribution in [0.1, 0.15) is 26.3 Å². The van der Waals surface area contributed by atoms with E-state index in [0.29, 0.717) is 12.0 Å². The molecule has 0 aliphatic rings. The quantitative estimate of drug-likeness (QED) is 0.600. The van der Waals surface area contributed by atoms with Gasteiger partial charge in [0.1, 0.15) is 6.54 Å². The zero-order chi connectivity index (χ0) is 17.1. The second kappa shape index (κ2) is 6.84. The molecule has 0 fully saturated rings. The highest BCUT2D eigenvalue weighted by atomic mass is 32.2. The number of nitrogens with zero attached hydrogens (tertiary/aromatic N) is 2. The number of benzene rings is 1.